The summed E-state index contributed by atoms with van der Waals surface area (Å²) < 4.78 is 25.7. The highest BCUT2D eigenvalue weighted by Crippen LogP contribution is 2.24. The first-order valence-corrected chi connectivity index (χ1v) is 7.08. The fourth-order valence-electron chi connectivity index (χ4n) is 2.08. The van der Waals surface area contributed by atoms with E-state index < -0.39 is 10.0 Å². The molecule has 1 aromatic heterocycles. The molecule has 0 unspecified atom stereocenters. The molecule has 0 atom stereocenters. The molecule has 5 nitrogen and oxygen atoms in total. The van der Waals surface area contributed by atoms with Gasteiger partial charge in [0.1, 0.15) is 0 Å². The lowest BCUT2D eigenvalue weighted by Gasteiger charge is -2.30. The molecule has 16 heavy (non-hydrogen) atoms. The van der Waals surface area contributed by atoms with E-state index in [4.69, 9.17) is 0 Å². The molecule has 1 aliphatic heterocycles. The molecule has 1 aliphatic rings. The van der Waals surface area contributed by atoms with Gasteiger partial charge in [-0.15, -0.1) is 0 Å². The molecular formula is C10H17N3O2S. The van der Waals surface area contributed by atoms with Crippen molar-refractivity contribution in [3.63, 3.8) is 0 Å². The van der Waals surface area contributed by atoms with E-state index in [-0.39, 0.29) is 5.03 Å². The van der Waals surface area contributed by atoms with Gasteiger partial charge >= 0.3 is 0 Å². The summed E-state index contributed by atoms with van der Waals surface area (Å²) in [4.78, 5) is 0. The van der Waals surface area contributed by atoms with Gasteiger partial charge in [-0.3, -0.25) is 5.10 Å². The lowest BCUT2D eigenvalue weighted by molar-refractivity contribution is 0.268. The van der Waals surface area contributed by atoms with Gasteiger partial charge in [-0.05, 0) is 24.8 Å². The van der Waals surface area contributed by atoms with E-state index in [9.17, 15) is 8.42 Å². The zero-order valence-electron chi connectivity index (χ0n) is 9.39. The molecule has 1 N–H and O–H groups in total. The molecule has 2 rings (SSSR count). The molecule has 2 heterocycles. The molecule has 1 aromatic rings. The summed E-state index contributed by atoms with van der Waals surface area (Å²) in [5, 5.41) is 6.40. The van der Waals surface area contributed by atoms with Crippen molar-refractivity contribution in [2.24, 2.45) is 5.92 Å². The van der Waals surface area contributed by atoms with Crippen molar-refractivity contribution < 1.29 is 8.42 Å². The number of sulfonamides is 1. The van der Waals surface area contributed by atoms with Crippen molar-refractivity contribution in [2.45, 2.75) is 31.2 Å². The maximum Gasteiger partial charge on any atom is 0.259 e. The molecule has 0 aromatic carbocycles. The normalized spacial score (nSPS) is 20.1. The minimum absolute atomic E-state index is 0.197. The Morgan fingerprint density at radius 2 is 2.19 bits per heavy atom. The number of nitrogens with one attached hydrogen (secondary N) is 1. The molecule has 0 spiro atoms. The van der Waals surface area contributed by atoms with Gasteiger partial charge in [-0.1, -0.05) is 13.3 Å². The van der Waals surface area contributed by atoms with Crippen LogP contribution in [0.1, 0.15) is 26.2 Å². The van der Waals surface area contributed by atoms with Gasteiger partial charge in [0, 0.05) is 13.1 Å². The summed E-state index contributed by atoms with van der Waals surface area (Å²) in [6.07, 6.45) is 4.53. The number of aromatic amines is 1. The first kappa shape index (κ1) is 11.6. The molecule has 0 saturated carbocycles. The Hall–Kier alpha value is -0.880. The van der Waals surface area contributed by atoms with Gasteiger partial charge in [-0.25, -0.2) is 8.42 Å². The van der Waals surface area contributed by atoms with Crippen LogP contribution in [0.15, 0.2) is 17.3 Å². The monoisotopic (exact) mass is 243 g/mol. The summed E-state index contributed by atoms with van der Waals surface area (Å²) in [6.45, 7) is 3.41. The lowest BCUT2D eigenvalue weighted by atomic mass is 9.96. The van der Waals surface area contributed by atoms with E-state index >= 15 is 0 Å². The predicted octanol–water partition coefficient (Wildman–Crippen LogP) is 1.22. The molecule has 0 amide bonds. The third-order valence-electron chi connectivity index (χ3n) is 3.24. The second-order valence-electron chi connectivity index (χ2n) is 4.18. The summed E-state index contributed by atoms with van der Waals surface area (Å²) in [5.41, 5.74) is 0. The Morgan fingerprint density at radius 3 is 2.69 bits per heavy atom. The van der Waals surface area contributed by atoms with Crippen LogP contribution in [0, 0.1) is 5.92 Å². The fraction of sp³-hybridized carbons (Fsp3) is 0.700. The topological polar surface area (TPSA) is 66.1 Å². The molecule has 0 bridgehead atoms. The molecule has 1 fully saturated rings. The number of piperidine rings is 1. The lowest BCUT2D eigenvalue weighted by Crippen LogP contribution is -2.38. The largest absolute Gasteiger partial charge is 0.266 e. The number of hydrogen-bond acceptors (Lipinski definition) is 3. The number of nitrogens with zero attached hydrogens (tertiary/aromatic N) is 2. The molecular weight excluding hydrogens is 226 g/mol. The van der Waals surface area contributed by atoms with Gasteiger partial charge in [-0.2, -0.15) is 9.40 Å². The maximum atomic E-state index is 12.1. The van der Waals surface area contributed by atoms with Gasteiger partial charge in [0.25, 0.3) is 10.0 Å². The highest BCUT2D eigenvalue weighted by Gasteiger charge is 2.29. The summed E-state index contributed by atoms with van der Waals surface area (Å²) in [6, 6.07) is 1.50. The third-order valence-corrected chi connectivity index (χ3v) is 5.07. The van der Waals surface area contributed by atoms with E-state index in [2.05, 4.69) is 17.1 Å². The average molecular weight is 243 g/mol. The second-order valence-corrected chi connectivity index (χ2v) is 6.08. The Balaban J connectivity index is 2.09. The summed E-state index contributed by atoms with van der Waals surface area (Å²) in [7, 11) is -3.34. The fourth-order valence-corrected chi connectivity index (χ4v) is 3.45. The van der Waals surface area contributed by atoms with Crippen LogP contribution in [0.5, 0.6) is 0 Å². The molecule has 6 heteroatoms. The highest BCUT2D eigenvalue weighted by atomic mass is 32.2. The van der Waals surface area contributed by atoms with Crippen LogP contribution in [0.3, 0.4) is 0 Å². The smallest absolute Gasteiger partial charge is 0.259 e. The number of rotatable bonds is 3. The van der Waals surface area contributed by atoms with Crippen molar-refractivity contribution in [3.8, 4) is 0 Å². The van der Waals surface area contributed by atoms with E-state index in [1.54, 1.807) is 4.31 Å². The summed E-state index contributed by atoms with van der Waals surface area (Å²) in [5.74, 6) is 0.674. The zero-order chi connectivity index (χ0) is 11.6. The van der Waals surface area contributed by atoms with E-state index in [0.29, 0.717) is 19.0 Å². The minimum Gasteiger partial charge on any atom is -0.266 e. The van der Waals surface area contributed by atoms with Crippen molar-refractivity contribution in [1.29, 1.82) is 0 Å². The molecule has 1 saturated heterocycles. The molecule has 90 valence electrons. The van der Waals surface area contributed by atoms with E-state index in [1.165, 1.54) is 12.3 Å². The Morgan fingerprint density at radius 1 is 1.50 bits per heavy atom. The SMILES string of the molecule is CCC1CCN(S(=O)(=O)c2ccn[nH]2)CC1. The van der Waals surface area contributed by atoms with Gasteiger partial charge in [0.15, 0.2) is 5.03 Å². The Bertz CT molecular complexity index is 419. The number of H-pyrrole nitrogens is 1. The number of hydrogen-bond donors (Lipinski definition) is 1. The standard InChI is InChI=1S/C10H17N3O2S/c1-2-9-4-7-13(8-5-9)16(14,15)10-3-6-11-12-10/h3,6,9H,2,4-5,7-8H2,1H3,(H,11,12). The maximum absolute atomic E-state index is 12.1. The van der Waals surface area contributed by atoms with Crippen molar-refractivity contribution in [1.82, 2.24) is 14.5 Å². The van der Waals surface area contributed by atoms with Crippen molar-refractivity contribution >= 4 is 10.0 Å². The molecule has 0 aliphatic carbocycles. The Kier molecular flexibility index (Phi) is 3.30. The van der Waals surface area contributed by atoms with E-state index in [1.807, 2.05) is 0 Å². The van der Waals surface area contributed by atoms with Crippen LogP contribution in [0.2, 0.25) is 0 Å². The Labute approximate surface area is 95.9 Å². The average Bonchev–Trinajstić information content (AvgIpc) is 2.83. The molecule has 0 radical (unpaired) electrons. The third kappa shape index (κ3) is 2.12. The van der Waals surface area contributed by atoms with Crippen LogP contribution < -0.4 is 0 Å². The van der Waals surface area contributed by atoms with Crippen molar-refractivity contribution in [2.75, 3.05) is 13.1 Å². The van der Waals surface area contributed by atoms with Gasteiger partial charge in [0.05, 0.1) is 6.20 Å². The van der Waals surface area contributed by atoms with Gasteiger partial charge < -0.3 is 0 Å². The van der Waals surface area contributed by atoms with Crippen LogP contribution >= 0.6 is 0 Å². The van der Waals surface area contributed by atoms with Crippen LogP contribution in [-0.2, 0) is 10.0 Å². The van der Waals surface area contributed by atoms with Crippen LogP contribution in [0.4, 0.5) is 0 Å². The van der Waals surface area contributed by atoms with Crippen LogP contribution in [-0.4, -0.2) is 36.0 Å². The van der Waals surface area contributed by atoms with Crippen LogP contribution in [0.25, 0.3) is 0 Å². The second kappa shape index (κ2) is 4.55. The minimum atomic E-state index is -3.34. The summed E-state index contributed by atoms with van der Waals surface area (Å²) >= 11 is 0. The zero-order valence-corrected chi connectivity index (χ0v) is 10.2. The first-order valence-electron chi connectivity index (χ1n) is 5.64. The van der Waals surface area contributed by atoms with Gasteiger partial charge in [0.2, 0.25) is 0 Å². The quantitative estimate of drug-likeness (QED) is 0.868. The number of aromatic nitrogens is 2. The predicted molar refractivity (Wildman–Crippen MR) is 60.4 cm³/mol. The van der Waals surface area contributed by atoms with E-state index in [0.717, 1.165) is 19.3 Å². The first-order chi connectivity index (χ1) is 7.64. The highest BCUT2D eigenvalue weighted by molar-refractivity contribution is 7.89. The van der Waals surface area contributed by atoms with Crippen molar-refractivity contribution in [3.05, 3.63) is 12.3 Å².